The number of carbonyl (C=O) groups excluding carboxylic acids is 4. The molecule has 0 amide bonds. The van der Waals surface area contributed by atoms with Crippen molar-refractivity contribution in [3.63, 3.8) is 0 Å². The number of carboxylic acids is 1. The van der Waals surface area contributed by atoms with Crippen molar-refractivity contribution in [2.45, 2.75) is 147 Å². The first kappa shape index (κ1) is 96.2. The van der Waals surface area contributed by atoms with E-state index in [1.165, 1.54) is 102 Å². The second-order valence-electron chi connectivity index (χ2n) is 27.5. The molecule has 3 aromatic heterocycles. The number of aliphatic carboxylic acids is 1. The number of benzene rings is 6. The van der Waals surface area contributed by atoms with E-state index < -0.39 is 52.9 Å². The standard InChI is InChI=1S/C27H30FNO6.C27H32FNO5.C26H28FNO6.C4H9I.CH4.Na.H2O/c1-14(2)24(27(31)34-7)20-13-29-25(18-12-23(33-6)22(32-5)11-17(18)20)26(30)19-10-16(35-15(3)4)8-9-21(19)28;1-15(2)26(27(30)33-7)21-14-29-23(20-13-25(32-6)24(31-5)12-19(20)21)11-17-10-18(34-16(3)4)8-9-22(17)28;1-13(2)23(26(30)31)19-12-28-24(17-11-22(33-6)21(32-5)10-16(17)19)25(29)18-9-15(34-14(3)4)7-8-20(18)27;1-4(2)3-5;;;/h8-15,24H,1-7H3;8-10,12-16,26H,11H2,1-7H3;7-14,23H,1-6H3,(H,30,31);4H,3H2,1-2H3;1H4;;1H2/q;;;;;+1;/p-1. The number of fused-ring (bicyclic) bond motifs is 3. The molecule has 6 aromatic carbocycles. The Morgan fingerprint density at radius 2 is 0.703 bits per heavy atom. The summed E-state index contributed by atoms with van der Waals surface area (Å²) < 4.78 is 105. The molecular formula is C85H104F3IN3NaO18. The number of alkyl halides is 1. The molecular weight excluding hydrogens is 1560 g/mol. The van der Waals surface area contributed by atoms with E-state index in [0.717, 1.165) is 22.3 Å². The summed E-state index contributed by atoms with van der Waals surface area (Å²) in [7, 11) is 11.7. The third kappa shape index (κ3) is 24.0. The van der Waals surface area contributed by atoms with Crippen LogP contribution in [0.1, 0.15) is 182 Å². The van der Waals surface area contributed by atoms with E-state index in [4.69, 9.17) is 52.1 Å². The molecule has 0 aliphatic carbocycles. The van der Waals surface area contributed by atoms with Crippen LogP contribution in [-0.4, -0.2) is 135 Å². The average Bonchev–Trinajstić information content (AvgIpc) is 0.768. The minimum atomic E-state index is -1.02. The van der Waals surface area contributed by atoms with Crippen molar-refractivity contribution in [3.05, 3.63) is 178 Å². The van der Waals surface area contributed by atoms with Gasteiger partial charge in [0, 0.05) is 45.6 Å². The monoisotopic (exact) mass is 1660 g/mol. The van der Waals surface area contributed by atoms with E-state index in [0.29, 0.717) is 95.7 Å². The fraction of sp³-hybridized carbons (Fsp3) is 0.412. The summed E-state index contributed by atoms with van der Waals surface area (Å²) in [6.45, 7) is 26.9. The van der Waals surface area contributed by atoms with Gasteiger partial charge in [0.2, 0.25) is 11.6 Å². The van der Waals surface area contributed by atoms with Crippen LogP contribution in [0.5, 0.6) is 51.7 Å². The molecule has 3 unspecified atom stereocenters. The summed E-state index contributed by atoms with van der Waals surface area (Å²) >= 11 is 2.38. The third-order valence-corrected chi connectivity index (χ3v) is 18.9. The number of nitrogens with zero attached hydrogens (tertiary/aromatic N) is 3. The van der Waals surface area contributed by atoms with Gasteiger partial charge in [-0.1, -0.05) is 85.4 Å². The van der Waals surface area contributed by atoms with Crippen molar-refractivity contribution in [2.75, 3.05) is 61.3 Å². The number of aromatic nitrogens is 3. The number of ether oxygens (including phenoxy) is 11. The van der Waals surface area contributed by atoms with Gasteiger partial charge < -0.3 is 62.7 Å². The summed E-state index contributed by atoms with van der Waals surface area (Å²) in [6.07, 6.45) is 4.41. The van der Waals surface area contributed by atoms with Crippen molar-refractivity contribution in [3.8, 4) is 51.7 Å². The number of hydrogen-bond acceptors (Lipinski definition) is 20. The SMILES string of the molecule is C.CC(C)CI.COC(=O)C(c1cnc(C(=O)c2cc(OC(C)C)ccc2F)c2cc(OC)c(OC)cc12)C(C)C.COC(=O)C(c1cnc(Cc2cc(OC(C)C)ccc2F)c2cc(OC)c(OC)cc12)C(C)C.COc1cc2c(C(C(=O)O)C(C)C)cnc(C(=O)c3cc(OC(C)C)ccc3F)c2cc1OC.[Na+].[OH-]. The molecule has 9 aromatic rings. The van der Waals surface area contributed by atoms with Crippen LogP contribution < -0.4 is 72.2 Å². The van der Waals surface area contributed by atoms with Crippen LogP contribution in [0.2, 0.25) is 0 Å². The Labute approximate surface area is 685 Å². The van der Waals surface area contributed by atoms with E-state index in [1.54, 1.807) is 70.7 Å². The maximum absolute atomic E-state index is 14.8. The Morgan fingerprint density at radius 1 is 0.414 bits per heavy atom. The van der Waals surface area contributed by atoms with Crippen molar-refractivity contribution in [1.29, 1.82) is 0 Å². The molecule has 26 heteroatoms. The zero-order chi connectivity index (χ0) is 80.3. The van der Waals surface area contributed by atoms with Crippen molar-refractivity contribution >= 4 is 84.4 Å². The molecule has 0 spiro atoms. The molecule has 0 saturated heterocycles. The number of esters is 2. The van der Waals surface area contributed by atoms with Crippen LogP contribution in [0.25, 0.3) is 32.3 Å². The van der Waals surface area contributed by atoms with Gasteiger partial charge in [-0.2, -0.15) is 0 Å². The molecule has 3 heterocycles. The minimum Gasteiger partial charge on any atom is -0.870 e. The van der Waals surface area contributed by atoms with Gasteiger partial charge in [-0.3, -0.25) is 38.9 Å². The Morgan fingerprint density at radius 3 is 1.00 bits per heavy atom. The number of methoxy groups -OCH3 is 8. The summed E-state index contributed by atoms with van der Waals surface area (Å²) in [6, 6.07) is 22.8. The van der Waals surface area contributed by atoms with Crippen LogP contribution in [-0.2, 0) is 30.3 Å². The van der Waals surface area contributed by atoms with Gasteiger partial charge in [-0.15, -0.1) is 0 Å². The van der Waals surface area contributed by atoms with Crippen LogP contribution in [0, 0.1) is 41.1 Å². The van der Waals surface area contributed by atoms with Gasteiger partial charge in [0.15, 0.2) is 34.5 Å². The molecule has 9 rings (SSSR count). The fourth-order valence-electron chi connectivity index (χ4n) is 12.1. The van der Waals surface area contributed by atoms with Crippen LogP contribution in [0.4, 0.5) is 13.2 Å². The van der Waals surface area contributed by atoms with E-state index in [9.17, 15) is 42.3 Å². The smallest absolute Gasteiger partial charge is 0.870 e. The summed E-state index contributed by atoms with van der Waals surface area (Å²) in [5.41, 5.74) is 2.42. The number of carbonyl (C=O) groups is 5. The van der Waals surface area contributed by atoms with E-state index in [-0.39, 0.29) is 119 Å². The number of pyridine rings is 3. The minimum absolute atomic E-state index is 0. The molecule has 21 nitrogen and oxygen atoms in total. The molecule has 2 N–H and O–H groups in total. The van der Waals surface area contributed by atoms with Gasteiger partial charge >= 0.3 is 47.5 Å². The van der Waals surface area contributed by atoms with E-state index >= 15 is 0 Å². The molecule has 0 saturated carbocycles. The first-order valence-electron chi connectivity index (χ1n) is 35.2. The largest absolute Gasteiger partial charge is 1.00 e. The average molecular weight is 1660 g/mol. The normalized spacial score (nSPS) is 11.7. The zero-order valence-electron chi connectivity index (χ0n) is 66.9. The van der Waals surface area contributed by atoms with E-state index in [2.05, 4.69) is 51.4 Å². The molecule has 3 atom stereocenters. The summed E-state index contributed by atoms with van der Waals surface area (Å²) in [4.78, 5) is 77.8. The Balaban J connectivity index is 0.000000412. The Hall–Kier alpha value is -9.02. The molecule has 0 aliphatic heterocycles. The van der Waals surface area contributed by atoms with Crippen LogP contribution >= 0.6 is 22.6 Å². The van der Waals surface area contributed by atoms with Gasteiger partial charge in [0.1, 0.15) is 46.1 Å². The number of carboxylic acid groups (broad SMARTS) is 1. The second kappa shape index (κ2) is 44.3. The van der Waals surface area contributed by atoms with Crippen LogP contribution in [0.3, 0.4) is 0 Å². The summed E-state index contributed by atoms with van der Waals surface area (Å²) in [5, 5.41) is 13.1. The zero-order valence-corrected chi connectivity index (χ0v) is 71.0. The van der Waals surface area contributed by atoms with Gasteiger partial charge in [0.25, 0.3) is 0 Å². The molecule has 0 radical (unpaired) electrons. The van der Waals surface area contributed by atoms with Crippen LogP contribution in [0.15, 0.2) is 110 Å². The first-order chi connectivity index (χ1) is 51.2. The number of halogens is 4. The Kier molecular flexibility index (Phi) is 38.4. The summed E-state index contributed by atoms with van der Waals surface area (Å²) in [5.74, 6) is -2.56. The van der Waals surface area contributed by atoms with Gasteiger partial charge in [0.05, 0.1) is 110 Å². The number of hydrogen-bond donors (Lipinski definition) is 1. The fourth-order valence-corrected chi connectivity index (χ4v) is 12.1. The molecule has 111 heavy (non-hydrogen) atoms. The van der Waals surface area contributed by atoms with Crippen molar-refractivity contribution in [1.82, 2.24) is 15.0 Å². The molecule has 0 bridgehead atoms. The molecule has 596 valence electrons. The first-order valence-corrected chi connectivity index (χ1v) is 36.7. The maximum Gasteiger partial charge on any atom is 1.00 e. The Bertz CT molecular complexity index is 4670. The second-order valence-corrected chi connectivity index (χ2v) is 28.4. The predicted molar refractivity (Wildman–Crippen MR) is 428 cm³/mol. The van der Waals surface area contributed by atoms with E-state index in [1.807, 2.05) is 81.4 Å². The number of ketones is 2. The molecule has 0 aliphatic rings. The van der Waals surface area contributed by atoms with Crippen molar-refractivity contribution < 1.29 is 129 Å². The third-order valence-electron chi connectivity index (χ3n) is 17.1. The topological polar surface area (TPSA) is 276 Å². The van der Waals surface area contributed by atoms with Gasteiger partial charge in [-0.25, -0.2) is 13.2 Å². The maximum atomic E-state index is 14.8. The van der Waals surface area contributed by atoms with Gasteiger partial charge in [-0.05, 0) is 195 Å². The van der Waals surface area contributed by atoms with Crippen molar-refractivity contribution in [2.24, 2.45) is 23.7 Å². The predicted octanol–water partition coefficient (Wildman–Crippen LogP) is 15.8. The quantitative estimate of drug-likeness (QED) is 0.0157. The molecule has 0 fully saturated rings. The number of rotatable bonds is 28.